The van der Waals surface area contributed by atoms with E-state index in [2.05, 4.69) is 98.9 Å². The maximum absolute atomic E-state index is 12.7. The van der Waals surface area contributed by atoms with E-state index in [4.69, 9.17) is 24.3 Å². The maximum Gasteiger partial charge on any atom is 0.472 e. The zero-order valence-electron chi connectivity index (χ0n) is 44.3. The molecule has 0 aromatic carbocycles. The summed E-state index contributed by atoms with van der Waals surface area (Å²) in [5, 5.41) is 0. The molecule has 0 saturated carbocycles. The lowest BCUT2D eigenvalue weighted by Crippen LogP contribution is -2.29. The van der Waals surface area contributed by atoms with Crippen LogP contribution in [0.15, 0.2) is 85.1 Å². The molecule has 0 saturated heterocycles. The number of carbonyl (C=O) groups excluding carboxylic acids is 2. The molecule has 0 amide bonds. The number of carbonyl (C=O) groups is 2. The van der Waals surface area contributed by atoms with Crippen LogP contribution in [0.25, 0.3) is 0 Å². The lowest BCUT2D eigenvalue weighted by molar-refractivity contribution is -0.161. The molecule has 69 heavy (non-hydrogen) atoms. The van der Waals surface area contributed by atoms with E-state index in [-0.39, 0.29) is 32.6 Å². The van der Waals surface area contributed by atoms with Crippen molar-refractivity contribution in [2.75, 3.05) is 26.4 Å². The highest BCUT2D eigenvalue weighted by Crippen LogP contribution is 2.43. The predicted octanol–water partition coefficient (Wildman–Crippen LogP) is 17.5. The topological polar surface area (TPSA) is 134 Å². The SMILES string of the molecule is CC/C=C\C/C=C\C/C=C\C/C=C\CCCCCCCCCCCCCCCCCCC(=O)OC(COC(=O)CCCCCCCC/C=C\C/C=C\C/C=C\CCCCC)COP(=O)(O)OCCN. The van der Waals surface area contributed by atoms with Gasteiger partial charge in [-0.1, -0.05) is 227 Å². The van der Waals surface area contributed by atoms with Crippen molar-refractivity contribution in [2.24, 2.45) is 5.73 Å². The molecule has 0 aliphatic carbocycles. The average Bonchev–Trinajstić information content (AvgIpc) is 3.34. The summed E-state index contributed by atoms with van der Waals surface area (Å²) in [5.74, 6) is -0.840. The quantitative estimate of drug-likeness (QED) is 0.0264. The lowest BCUT2D eigenvalue weighted by Gasteiger charge is -2.19. The number of phosphoric acid groups is 1. The Morgan fingerprint density at radius 1 is 0.449 bits per heavy atom. The van der Waals surface area contributed by atoms with Gasteiger partial charge in [-0.2, -0.15) is 0 Å². The van der Waals surface area contributed by atoms with E-state index in [1.165, 1.54) is 122 Å². The largest absolute Gasteiger partial charge is 0.472 e. The van der Waals surface area contributed by atoms with Crippen molar-refractivity contribution in [3.8, 4) is 0 Å². The van der Waals surface area contributed by atoms with Gasteiger partial charge in [0.05, 0.1) is 13.2 Å². The van der Waals surface area contributed by atoms with Crippen LogP contribution in [0.1, 0.15) is 245 Å². The zero-order chi connectivity index (χ0) is 50.2. The second kappa shape index (κ2) is 54.5. The second-order valence-electron chi connectivity index (χ2n) is 18.4. The smallest absolute Gasteiger partial charge is 0.462 e. The molecule has 398 valence electrons. The van der Waals surface area contributed by atoms with Crippen LogP contribution in [-0.4, -0.2) is 49.3 Å². The molecule has 3 N–H and O–H groups in total. The summed E-state index contributed by atoms with van der Waals surface area (Å²) in [4.78, 5) is 35.1. The van der Waals surface area contributed by atoms with E-state index >= 15 is 0 Å². The number of nitrogens with two attached hydrogens (primary N) is 1. The van der Waals surface area contributed by atoms with Gasteiger partial charge in [0.15, 0.2) is 6.10 Å². The van der Waals surface area contributed by atoms with Crippen LogP contribution in [0.2, 0.25) is 0 Å². The molecule has 0 aromatic heterocycles. The molecule has 10 heteroatoms. The Kier molecular flexibility index (Phi) is 52.3. The first-order valence-corrected chi connectivity index (χ1v) is 29.6. The second-order valence-corrected chi connectivity index (χ2v) is 19.9. The molecule has 0 aromatic rings. The number of rotatable bonds is 52. The van der Waals surface area contributed by atoms with E-state index in [1.807, 2.05) is 0 Å². The van der Waals surface area contributed by atoms with Crippen LogP contribution >= 0.6 is 7.82 Å². The fourth-order valence-electron chi connectivity index (χ4n) is 7.63. The summed E-state index contributed by atoms with van der Waals surface area (Å²) in [5.41, 5.74) is 5.38. The summed E-state index contributed by atoms with van der Waals surface area (Å²) >= 11 is 0. The summed E-state index contributed by atoms with van der Waals surface area (Å²) < 4.78 is 33.0. The van der Waals surface area contributed by atoms with Gasteiger partial charge in [0, 0.05) is 19.4 Å². The van der Waals surface area contributed by atoms with Crippen molar-refractivity contribution in [3.63, 3.8) is 0 Å². The molecule has 0 spiro atoms. The standard InChI is InChI=1S/C59H104NO8P/c1-3-5-7-9-11-13-15-17-19-21-23-24-25-26-27-28-29-30-31-32-34-36-38-40-42-44-46-48-50-52-59(62)68-57(56-67-69(63,64)66-54-53-60)55-65-58(61)51-49-47-45-43-41-39-37-35-33-22-20-18-16-14-12-10-8-6-4-2/h5,7,11-14,17-20,23-24,33,35,57H,3-4,6,8-10,15-16,21-22,25-32,34,36-56,60H2,1-2H3,(H,63,64)/b7-5-,13-11-,14-12-,19-17-,20-18-,24-23-,35-33-. The first-order chi connectivity index (χ1) is 33.8. The van der Waals surface area contributed by atoms with Crippen molar-refractivity contribution >= 4 is 19.8 Å². The summed E-state index contributed by atoms with van der Waals surface area (Å²) in [6, 6.07) is 0. The van der Waals surface area contributed by atoms with E-state index < -0.39 is 32.5 Å². The van der Waals surface area contributed by atoms with Crippen LogP contribution in [-0.2, 0) is 32.7 Å². The van der Waals surface area contributed by atoms with Gasteiger partial charge < -0.3 is 20.1 Å². The highest BCUT2D eigenvalue weighted by Gasteiger charge is 2.26. The van der Waals surface area contributed by atoms with Crippen LogP contribution in [0, 0.1) is 0 Å². The molecule has 0 heterocycles. The van der Waals surface area contributed by atoms with Gasteiger partial charge in [0.25, 0.3) is 0 Å². The third-order valence-corrected chi connectivity index (χ3v) is 12.7. The third-order valence-electron chi connectivity index (χ3n) is 11.8. The minimum absolute atomic E-state index is 0.0487. The van der Waals surface area contributed by atoms with Gasteiger partial charge in [-0.05, 0) is 89.9 Å². The molecular weight excluding hydrogens is 882 g/mol. The van der Waals surface area contributed by atoms with Crippen LogP contribution in [0.3, 0.4) is 0 Å². The van der Waals surface area contributed by atoms with Crippen molar-refractivity contribution in [3.05, 3.63) is 85.1 Å². The van der Waals surface area contributed by atoms with E-state index in [9.17, 15) is 19.0 Å². The highest BCUT2D eigenvalue weighted by atomic mass is 31.2. The normalized spacial score (nSPS) is 13.7. The van der Waals surface area contributed by atoms with Crippen LogP contribution in [0.4, 0.5) is 0 Å². The van der Waals surface area contributed by atoms with Crippen molar-refractivity contribution < 1.29 is 37.6 Å². The maximum atomic E-state index is 12.7. The molecule has 9 nitrogen and oxygen atoms in total. The minimum atomic E-state index is -4.39. The number of hydrogen-bond acceptors (Lipinski definition) is 8. The van der Waals surface area contributed by atoms with Crippen molar-refractivity contribution in [1.82, 2.24) is 0 Å². The van der Waals surface area contributed by atoms with Gasteiger partial charge >= 0.3 is 19.8 Å². The first-order valence-electron chi connectivity index (χ1n) is 28.1. The van der Waals surface area contributed by atoms with Crippen LogP contribution < -0.4 is 5.73 Å². The molecule has 2 atom stereocenters. The van der Waals surface area contributed by atoms with Gasteiger partial charge in [-0.3, -0.25) is 18.6 Å². The molecule has 0 bridgehead atoms. The van der Waals surface area contributed by atoms with Crippen molar-refractivity contribution in [2.45, 2.75) is 251 Å². The zero-order valence-corrected chi connectivity index (χ0v) is 45.2. The fourth-order valence-corrected chi connectivity index (χ4v) is 8.40. The van der Waals surface area contributed by atoms with E-state index in [0.717, 1.165) is 83.5 Å². The number of ether oxygens (including phenoxy) is 2. The number of hydrogen-bond donors (Lipinski definition) is 2. The summed E-state index contributed by atoms with van der Waals surface area (Å²) in [7, 11) is -4.39. The average molecular weight is 986 g/mol. The Hall–Kier alpha value is -2.81. The van der Waals surface area contributed by atoms with Gasteiger partial charge in [0.2, 0.25) is 0 Å². The molecular formula is C59H104NO8P. The van der Waals surface area contributed by atoms with Gasteiger partial charge in [0.1, 0.15) is 6.61 Å². The molecule has 0 aliphatic rings. The monoisotopic (exact) mass is 986 g/mol. The Morgan fingerprint density at radius 2 is 0.797 bits per heavy atom. The van der Waals surface area contributed by atoms with Gasteiger partial charge in [-0.25, -0.2) is 4.57 Å². The Bertz CT molecular complexity index is 1400. The Balaban J connectivity index is 3.98. The molecule has 0 fully saturated rings. The fraction of sp³-hybridized carbons (Fsp3) is 0.729. The van der Waals surface area contributed by atoms with Crippen molar-refractivity contribution in [1.29, 1.82) is 0 Å². The molecule has 0 rings (SSSR count). The highest BCUT2D eigenvalue weighted by molar-refractivity contribution is 7.47. The summed E-state index contributed by atoms with van der Waals surface area (Å²) in [6.45, 7) is 3.60. The summed E-state index contributed by atoms with van der Waals surface area (Å²) in [6.07, 6.45) is 70.6. The van der Waals surface area contributed by atoms with Crippen LogP contribution in [0.5, 0.6) is 0 Å². The number of phosphoric ester groups is 1. The van der Waals surface area contributed by atoms with Gasteiger partial charge in [-0.15, -0.1) is 0 Å². The third kappa shape index (κ3) is 54.4. The van der Waals surface area contributed by atoms with E-state index in [0.29, 0.717) is 12.8 Å². The number of unbranched alkanes of at least 4 members (excludes halogenated alkanes) is 25. The number of esters is 2. The Labute approximate surface area is 424 Å². The predicted molar refractivity (Wildman–Crippen MR) is 293 cm³/mol. The minimum Gasteiger partial charge on any atom is -0.462 e. The lowest BCUT2D eigenvalue weighted by atomic mass is 10.0. The van der Waals surface area contributed by atoms with E-state index in [1.54, 1.807) is 0 Å². The first kappa shape index (κ1) is 66.2. The molecule has 2 unspecified atom stereocenters. The number of allylic oxidation sites excluding steroid dienone is 14. The Morgan fingerprint density at radius 3 is 1.19 bits per heavy atom. The molecule has 0 radical (unpaired) electrons. The molecule has 0 aliphatic heterocycles.